The third-order valence-corrected chi connectivity index (χ3v) is 4.68. The zero-order valence-electron chi connectivity index (χ0n) is 11.6. The predicted molar refractivity (Wildman–Crippen MR) is 72.1 cm³/mol. The van der Waals surface area contributed by atoms with E-state index in [2.05, 4.69) is 19.2 Å². The van der Waals surface area contributed by atoms with Crippen molar-refractivity contribution >= 4 is 0 Å². The molecule has 2 atom stereocenters. The molecule has 100 valence electrons. The Morgan fingerprint density at radius 2 is 1.88 bits per heavy atom. The fourth-order valence-electron chi connectivity index (χ4n) is 3.55. The summed E-state index contributed by atoms with van der Waals surface area (Å²) in [6.45, 7) is 7.84. The molecule has 0 amide bonds. The summed E-state index contributed by atoms with van der Waals surface area (Å²) in [5, 5.41) is 3.52. The molecule has 2 fully saturated rings. The summed E-state index contributed by atoms with van der Waals surface area (Å²) in [6.07, 6.45) is 8.80. The van der Waals surface area contributed by atoms with Crippen LogP contribution in [0.4, 0.5) is 0 Å². The van der Waals surface area contributed by atoms with E-state index >= 15 is 0 Å². The van der Waals surface area contributed by atoms with Gasteiger partial charge < -0.3 is 10.1 Å². The van der Waals surface area contributed by atoms with Crippen molar-refractivity contribution in [2.24, 2.45) is 17.8 Å². The maximum Gasteiger partial charge on any atom is 0.0643 e. The lowest BCUT2D eigenvalue weighted by Gasteiger charge is -2.40. The van der Waals surface area contributed by atoms with Gasteiger partial charge in [0.1, 0.15) is 0 Å². The maximum atomic E-state index is 6.12. The second-order valence-electron chi connectivity index (χ2n) is 6.07. The lowest BCUT2D eigenvalue weighted by atomic mass is 9.75. The van der Waals surface area contributed by atoms with Crippen LogP contribution in [0.2, 0.25) is 0 Å². The van der Waals surface area contributed by atoms with Crippen LogP contribution < -0.4 is 5.32 Å². The molecule has 2 rings (SSSR count). The number of nitrogens with one attached hydrogen (secondary N) is 1. The smallest absolute Gasteiger partial charge is 0.0643 e. The molecule has 0 aromatic carbocycles. The van der Waals surface area contributed by atoms with Crippen molar-refractivity contribution in [1.82, 2.24) is 5.32 Å². The molecule has 0 bridgehead atoms. The second kappa shape index (κ2) is 6.75. The van der Waals surface area contributed by atoms with Gasteiger partial charge in [0.25, 0.3) is 0 Å². The van der Waals surface area contributed by atoms with Crippen LogP contribution in [0.15, 0.2) is 0 Å². The van der Waals surface area contributed by atoms with E-state index in [9.17, 15) is 0 Å². The van der Waals surface area contributed by atoms with E-state index in [0.717, 1.165) is 37.5 Å². The monoisotopic (exact) mass is 239 g/mol. The molecule has 2 nitrogen and oxygen atoms in total. The normalized spacial score (nSPS) is 39.2. The zero-order chi connectivity index (χ0) is 12.1. The predicted octanol–water partition coefficient (Wildman–Crippen LogP) is 3.22. The summed E-state index contributed by atoms with van der Waals surface area (Å²) in [4.78, 5) is 0. The van der Waals surface area contributed by atoms with Gasteiger partial charge in [-0.1, -0.05) is 26.7 Å². The first kappa shape index (κ1) is 13.4. The summed E-state index contributed by atoms with van der Waals surface area (Å²) in [5.41, 5.74) is 0. The number of rotatable bonds is 4. The lowest BCUT2D eigenvalue weighted by Crippen LogP contribution is -2.42. The van der Waals surface area contributed by atoms with Crippen LogP contribution in [0.3, 0.4) is 0 Å². The minimum Gasteiger partial charge on any atom is -0.378 e. The highest BCUT2D eigenvalue weighted by molar-refractivity contribution is 4.85. The van der Waals surface area contributed by atoms with Crippen LogP contribution in [0.25, 0.3) is 0 Å². The van der Waals surface area contributed by atoms with Crippen LogP contribution in [-0.2, 0) is 4.74 Å². The van der Waals surface area contributed by atoms with Crippen LogP contribution in [-0.4, -0.2) is 25.8 Å². The van der Waals surface area contributed by atoms with Gasteiger partial charge in [-0.05, 0) is 50.0 Å². The molecule has 2 heteroatoms. The van der Waals surface area contributed by atoms with E-state index in [0.29, 0.717) is 6.10 Å². The van der Waals surface area contributed by atoms with E-state index in [-0.39, 0.29) is 0 Å². The molecule has 0 aromatic rings. The van der Waals surface area contributed by atoms with Gasteiger partial charge in [-0.15, -0.1) is 0 Å². The quantitative estimate of drug-likeness (QED) is 0.813. The van der Waals surface area contributed by atoms with Gasteiger partial charge in [-0.3, -0.25) is 0 Å². The van der Waals surface area contributed by atoms with Crippen LogP contribution in [0.1, 0.15) is 52.4 Å². The van der Waals surface area contributed by atoms with E-state index < -0.39 is 0 Å². The minimum absolute atomic E-state index is 0.551. The SMILES string of the molecule is CCNCC1CCCOC1C1CCC(C)CC1. The van der Waals surface area contributed by atoms with Crippen molar-refractivity contribution in [2.45, 2.75) is 58.5 Å². The van der Waals surface area contributed by atoms with Crippen LogP contribution in [0.5, 0.6) is 0 Å². The zero-order valence-corrected chi connectivity index (χ0v) is 11.6. The van der Waals surface area contributed by atoms with Gasteiger partial charge in [0.15, 0.2) is 0 Å². The molecule has 1 saturated heterocycles. The summed E-state index contributed by atoms with van der Waals surface area (Å²) in [5.74, 6) is 2.55. The van der Waals surface area contributed by atoms with Crippen molar-refractivity contribution in [3.63, 3.8) is 0 Å². The van der Waals surface area contributed by atoms with E-state index in [1.54, 1.807) is 0 Å². The molecule has 17 heavy (non-hydrogen) atoms. The maximum absolute atomic E-state index is 6.12. The van der Waals surface area contributed by atoms with Crippen molar-refractivity contribution < 1.29 is 4.74 Å². The second-order valence-corrected chi connectivity index (χ2v) is 6.07. The largest absolute Gasteiger partial charge is 0.378 e. The Balaban J connectivity index is 1.86. The fourth-order valence-corrected chi connectivity index (χ4v) is 3.55. The highest BCUT2D eigenvalue weighted by Crippen LogP contribution is 2.36. The highest BCUT2D eigenvalue weighted by Gasteiger charge is 2.34. The molecular weight excluding hydrogens is 210 g/mol. The molecule has 1 saturated carbocycles. The van der Waals surface area contributed by atoms with Crippen molar-refractivity contribution in [3.05, 3.63) is 0 Å². The lowest BCUT2D eigenvalue weighted by molar-refractivity contribution is -0.0702. The third-order valence-electron chi connectivity index (χ3n) is 4.68. The van der Waals surface area contributed by atoms with Crippen LogP contribution >= 0.6 is 0 Å². The summed E-state index contributed by atoms with van der Waals surface area (Å²) >= 11 is 0. The summed E-state index contributed by atoms with van der Waals surface area (Å²) in [7, 11) is 0. The third kappa shape index (κ3) is 3.69. The first-order valence-electron chi connectivity index (χ1n) is 7.63. The fraction of sp³-hybridized carbons (Fsp3) is 1.00. The highest BCUT2D eigenvalue weighted by atomic mass is 16.5. The Kier molecular flexibility index (Phi) is 5.30. The molecule has 1 aliphatic carbocycles. The van der Waals surface area contributed by atoms with Crippen molar-refractivity contribution in [1.29, 1.82) is 0 Å². The number of hydrogen-bond acceptors (Lipinski definition) is 2. The van der Waals surface area contributed by atoms with Gasteiger partial charge in [0.05, 0.1) is 6.10 Å². The molecule has 2 aliphatic rings. The van der Waals surface area contributed by atoms with E-state index in [1.807, 2.05) is 0 Å². The van der Waals surface area contributed by atoms with E-state index in [1.165, 1.54) is 38.5 Å². The summed E-state index contributed by atoms with van der Waals surface area (Å²) in [6, 6.07) is 0. The molecule has 1 N–H and O–H groups in total. The van der Waals surface area contributed by atoms with Gasteiger partial charge in [-0.25, -0.2) is 0 Å². The standard InChI is InChI=1S/C15H29NO/c1-3-16-11-14-5-4-10-17-15(14)13-8-6-12(2)7-9-13/h12-16H,3-11H2,1-2H3. The first-order valence-corrected chi connectivity index (χ1v) is 7.63. The minimum atomic E-state index is 0.551. The molecule has 0 spiro atoms. The van der Waals surface area contributed by atoms with Crippen molar-refractivity contribution in [3.8, 4) is 0 Å². The van der Waals surface area contributed by atoms with Crippen molar-refractivity contribution in [2.75, 3.05) is 19.7 Å². The van der Waals surface area contributed by atoms with Gasteiger partial charge in [-0.2, -0.15) is 0 Å². The number of ether oxygens (including phenoxy) is 1. The average molecular weight is 239 g/mol. The van der Waals surface area contributed by atoms with Gasteiger partial charge in [0.2, 0.25) is 0 Å². The Labute approximate surface area is 107 Å². The molecular formula is C15H29NO. The Morgan fingerprint density at radius 1 is 1.12 bits per heavy atom. The Bertz CT molecular complexity index is 206. The van der Waals surface area contributed by atoms with Crippen LogP contribution in [0, 0.1) is 17.8 Å². The topological polar surface area (TPSA) is 21.3 Å². The van der Waals surface area contributed by atoms with Gasteiger partial charge in [0, 0.05) is 13.2 Å². The van der Waals surface area contributed by atoms with E-state index in [4.69, 9.17) is 4.74 Å². The molecule has 0 aromatic heterocycles. The number of hydrogen-bond donors (Lipinski definition) is 1. The molecule has 1 heterocycles. The molecule has 2 unspecified atom stereocenters. The molecule has 1 aliphatic heterocycles. The molecule has 0 radical (unpaired) electrons. The summed E-state index contributed by atoms with van der Waals surface area (Å²) < 4.78 is 6.12. The first-order chi connectivity index (χ1) is 8.31. The van der Waals surface area contributed by atoms with Gasteiger partial charge >= 0.3 is 0 Å². The Hall–Kier alpha value is -0.0800. The Morgan fingerprint density at radius 3 is 2.59 bits per heavy atom. The average Bonchev–Trinajstić information content (AvgIpc) is 2.38.